The van der Waals surface area contributed by atoms with Crippen LogP contribution in [0.3, 0.4) is 0 Å². The summed E-state index contributed by atoms with van der Waals surface area (Å²) in [7, 11) is 1.55. The Morgan fingerprint density at radius 3 is 2.63 bits per heavy atom. The van der Waals surface area contributed by atoms with E-state index in [4.69, 9.17) is 29.8 Å². The van der Waals surface area contributed by atoms with E-state index in [9.17, 15) is 9.18 Å². The van der Waals surface area contributed by atoms with E-state index in [1.807, 2.05) is 30.3 Å². The second kappa shape index (κ2) is 14.2. The van der Waals surface area contributed by atoms with Crippen LogP contribution in [0.1, 0.15) is 34.8 Å². The summed E-state index contributed by atoms with van der Waals surface area (Å²) in [5.74, 6) is 0.929. The molecule has 3 aromatic carbocycles. The number of amides is 1. The third-order valence-corrected chi connectivity index (χ3v) is 6.69. The monoisotopic (exact) mass is 561 g/mol. The number of halogens is 1. The van der Waals surface area contributed by atoms with Gasteiger partial charge in [-0.3, -0.25) is 4.79 Å². The van der Waals surface area contributed by atoms with Crippen LogP contribution in [0.25, 0.3) is 10.4 Å². The normalized spacial score (nSPS) is 17.6. The van der Waals surface area contributed by atoms with Crippen LogP contribution < -0.4 is 14.8 Å². The second-order valence-corrected chi connectivity index (χ2v) is 9.35. The van der Waals surface area contributed by atoms with E-state index < -0.39 is 24.2 Å². The zero-order valence-corrected chi connectivity index (χ0v) is 22.7. The first-order valence-electron chi connectivity index (χ1n) is 13.2. The molecule has 0 spiro atoms. The smallest absolute Gasteiger partial charge is 0.252 e. The number of carbonyl (C=O) groups excluding carboxylic acids is 1. The number of aliphatic hydroxyl groups is 1. The highest BCUT2D eigenvalue weighted by Crippen LogP contribution is 2.43. The molecular weight excluding hydrogens is 529 g/mol. The molecule has 1 aliphatic rings. The molecule has 1 amide bonds. The zero-order chi connectivity index (χ0) is 29.1. The molecule has 41 heavy (non-hydrogen) atoms. The van der Waals surface area contributed by atoms with Crippen LogP contribution in [0.5, 0.6) is 11.5 Å². The Morgan fingerprint density at radius 2 is 1.93 bits per heavy atom. The Hall–Kier alpha value is -4.60. The number of hydrogen-bond acceptors (Lipinski definition) is 7. The summed E-state index contributed by atoms with van der Waals surface area (Å²) in [6.07, 6.45) is -0.284. The van der Waals surface area contributed by atoms with Crippen LogP contribution in [0.15, 0.2) is 82.9 Å². The van der Waals surface area contributed by atoms with Gasteiger partial charge in [0, 0.05) is 36.5 Å². The molecule has 0 fully saturated rings. The maximum Gasteiger partial charge on any atom is 0.252 e. The van der Waals surface area contributed by atoms with E-state index in [1.165, 1.54) is 0 Å². The highest BCUT2D eigenvalue weighted by molar-refractivity contribution is 6.01. The van der Waals surface area contributed by atoms with Gasteiger partial charge in [0.25, 0.3) is 5.91 Å². The summed E-state index contributed by atoms with van der Waals surface area (Å²) in [5, 5.41) is 15.4. The number of azide groups is 1. The molecule has 0 radical (unpaired) electrons. The van der Waals surface area contributed by atoms with Crippen molar-refractivity contribution >= 4 is 11.8 Å². The molecular formula is C30H32FN5O5. The van der Waals surface area contributed by atoms with Crippen LogP contribution in [-0.4, -0.2) is 56.0 Å². The van der Waals surface area contributed by atoms with Crippen molar-refractivity contribution < 1.29 is 28.5 Å². The molecule has 0 aliphatic carbocycles. The van der Waals surface area contributed by atoms with Gasteiger partial charge in [-0.2, -0.15) is 0 Å². The Kier molecular flexibility index (Phi) is 10.1. The summed E-state index contributed by atoms with van der Waals surface area (Å²) < 4.78 is 30.8. The highest BCUT2D eigenvalue weighted by atomic mass is 19.1. The number of alkyl halides is 1. The standard InChI is InChI=1S/C30H32FN5O5/c1-39-26-9-4-8-22(18-26)27-30(29(38)33-15-14-31,19-23-6-2-3-7-24(23)20-34-36-32)35-28(41-27)21-10-12-25(13-11-21)40-17-5-16-37/h2-4,6-13,18,27,37H,5,14-17,19-20H2,1H3,(H,33,38)/t27-,30-/m1/s1. The van der Waals surface area contributed by atoms with Gasteiger partial charge < -0.3 is 24.6 Å². The summed E-state index contributed by atoms with van der Waals surface area (Å²) in [6, 6.07) is 21.6. The van der Waals surface area contributed by atoms with Crippen molar-refractivity contribution in [3.63, 3.8) is 0 Å². The first-order valence-corrected chi connectivity index (χ1v) is 13.2. The zero-order valence-electron chi connectivity index (χ0n) is 22.7. The number of carbonyl (C=O) groups is 1. The van der Waals surface area contributed by atoms with Gasteiger partial charge in [0.15, 0.2) is 11.6 Å². The number of nitrogens with one attached hydrogen (secondary N) is 1. The first-order chi connectivity index (χ1) is 20.0. The van der Waals surface area contributed by atoms with E-state index in [-0.39, 0.29) is 32.0 Å². The molecule has 0 unspecified atom stereocenters. The van der Waals surface area contributed by atoms with Gasteiger partial charge in [-0.25, -0.2) is 9.38 Å². The number of nitrogens with zero attached hydrogens (tertiary/aromatic N) is 4. The van der Waals surface area contributed by atoms with Crippen LogP contribution in [-0.2, 0) is 22.5 Å². The van der Waals surface area contributed by atoms with E-state index in [2.05, 4.69) is 15.3 Å². The Balaban J connectivity index is 1.82. The topological polar surface area (TPSA) is 138 Å². The maximum atomic E-state index is 14.0. The molecule has 1 aliphatic heterocycles. The lowest BCUT2D eigenvalue weighted by Gasteiger charge is -2.31. The van der Waals surface area contributed by atoms with Crippen molar-refractivity contribution in [3.8, 4) is 11.5 Å². The fourth-order valence-electron chi connectivity index (χ4n) is 4.68. The lowest BCUT2D eigenvalue weighted by Crippen LogP contribution is -2.50. The minimum Gasteiger partial charge on any atom is -0.497 e. The van der Waals surface area contributed by atoms with Gasteiger partial charge in [-0.15, -0.1) is 0 Å². The Bertz CT molecular complexity index is 1410. The molecule has 4 rings (SSSR count). The molecule has 2 atom stereocenters. The Labute approximate surface area is 237 Å². The van der Waals surface area contributed by atoms with Crippen LogP contribution >= 0.6 is 0 Å². The number of benzene rings is 3. The van der Waals surface area contributed by atoms with Gasteiger partial charge in [0.1, 0.15) is 18.2 Å². The van der Waals surface area contributed by atoms with Crippen molar-refractivity contribution in [2.45, 2.75) is 31.0 Å². The second-order valence-electron chi connectivity index (χ2n) is 9.35. The van der Waals surface area contributed by atoms with Gasteiger partial charge >= 0.3 is 0 Å². The van der Waals surface area contributed by atoms with Crippen LogP contribution in [0, 0.1) is 0 Å². The van der Waals surface area contributed by atoms with E-state index in [0.717, 1.165) is 11.1 Å². The molecule has 10 nitrogen and oxygen atoms in total. The minimum atomic E-state index is -1.53. The summed E-state index contributed by atoms with van der Waals surface area (Å²) in [4.78, 5) is 21.7. The molecule has 1 heterocycles. The fourth-order valence-corrected chi connectivity index (χ4v) is 4.68. The predicted molar refractivity (Wildman–Crippen MR) is 152 cm³/mol. The predicted octanol–water partition coefficient (Wildman–Crippen LogP) is 4.85. The largest absolute Gasteiger partial charge is 0.497 e. The third kappa shape index (κ3) is 6.95. The average molecular weight is 562 g/mol. The van der Waals surface area contributed by atoms with Gasteiger partial charge in [0.05, 0.1) is 20.3 Å². The third-order valence-electron chi connectivity index (χ3n) is 6.69. The average Bonchev–Trinajstić information content (AvgIpc) is 3.40. The first kappa shape index (κ1) is 29.4. The number of aliphatic imine (C=N–C) groups is 1. The molecule has 2 N–H and O–H groups in total. The molecule has 0 saturated heterocycles. The number of methoxy groups -OCH3 is 1. The highest BCUT2D eigenvalue weighted by Gasteiger charge is 2.53. The van der Waals surface area contributed by atoms with E-state index >= 15 is 0 Å². The van der Waals surface area contributed by atoms with Gasteiger partial charge in [0.2, 0.25) is 5.90 Å². The van der Waals surface area contributed by atoms with E-state index in [0.29, 0.717) is 35.7 Å². The number of ether oxygens (including phenoxy) is 3. The number of hydrogen-bond donors (Lipinski definition) is 2. The fraction of sp³-hybridized carbons (Fsp3) is 0.333. The lowest BCUT2D eigenvalue weighted by molar-refractivity contribution is -0.129. The molecule has 214 valence electrons. The number of aliphatic hydroxyl groups excluding tert-OH is 1. The summed E-state index contributed by atoms with van der Waals surface area (Å²) >= 11 is 0. The van der Waals surface area contributed by atoms with Gasteiger partial charge in [-0.05, 0) is 58.6 Å². The summed E-state index contributed by atoms with van der Waals surface area (Å²) in [5.41, 5.74) is 10.1. The maximum absolute atomic E-state index is 14.0. The van der Waals surface area contributed by atoms with Crippen molar-refractivity contribution in [2.24, 2.45) is 10.1 Å². The lowest BCUT2D eigenvalue weighted by atomic mass is 9.81. The van der Waals surface area contributed by atoms with E-state index in [1.54, 1.807) is 49.6 Å². The van der Waals surface area contributed by atoms with Crippen molar-refractivity contribution in [1.29, 1.82) is 0 Å². The van der Waals surface area contributed by atoms with Crippen molar-refractivity contribution in [3.05, 3.63) is 105 Å². The molecule has 0 bridgehead atoms. The van der Waals surface area contributed by atoms with Crippen LogP contribution in [0.2, 0.25) is 0 Å². The quantitative estimate of drug-likeness (QED) is 0.125. The number of rotatable bonds is 14. The molecule has 3 aromatic rings. The summed E-state index contributed by atoms with van der Waals surface area (Å²) in [6.45, 7) is -0.427. The van der Waals surface area contributed by atoms with Crippen molar-refractivity contribution in [1.82, 2.24) is 5.32 Å². The van der Waals surface area contributed by atoms with Crippen LogP contribution in [0.4, 0.5) is 4.39 Å². The SMILES string of the molecule is COc1cccc([C@H]2OC(c3ccc(OCCCO)cc3)=N[C@@]2(Cc2ccccc2CN=[N+]=[N-])C(=O)NCCF)c1. The minimum absolute atomic E-state index is 0.0347. The molecule has 0 aromatic heterocycles. The molecule has 11 heteroatoms. The van der Waals surface area contributed by atoms with Crippen molar-refractivity contribution in [2.75, 3.05) is 33.5 Å². The van der Waals surface area contributed by atoms with Gasteiger partial charge in [-0.1, -0.05) is 41.5 Å². The Morgan fingerprint density at radius 1 is 1.15 bits per heavy atom. The molecule has 0 saturated carbocycles.